The van der Waals surface area contributed by atoms with E-state index in [0.717, 1.165) is 32.2 Å². The molecule has 0 aromatic heterocycles. The highest BCUT2D eigenvalue weighted by molar-refractivity contribution is 5.90. The Bertz CT molecular complexity index is 253. The molecular formula is C12H19NO. The van der Waals surface area contributed by atoms with Crippen LogP contribution in [0.1, 0.15) is 46.0 Å². The number of rotatable bonds is 4. The smallest absolute Gasteiger partial charge is 0.164 e. The van der Waals surface area contributed by atoms with Gasteiger partial charge in [0.1, 0.15) is 0 Å². The lowest BCUT2D eigenvalue weighted by atomic mass is 9.86. The lowest BCUT2D eigenvalue weighted by Gasteiger charge is -2.26. The van der Waals surface area contributed by atoms with Crippen LogP contribution in [0.15, 0.2) is 0 Å². The van der Waals surface area contributed by atoms with Gasteiger partial charge in [-0.05, 0) is 32.7 Å². The molecular weight excluding hydrogens is 174 g/mol. The fourth-order valence-electron chi connectivity index (χ4n) is 2.16. The zero-order chi connectivity index (χ0) is 10.4. The number of hydrogen-bond acceptors (Lipinski definition) is 2. The molecule has 1 fully saturated rings. The van der Waals surface area contributed by atoms with Crippen molar-refractivity contribution in [3.05, 3.63) is 0 Å². The van der Waals surface area contributed by atoms with Gasteiger partial charge in [-0.2, -0.15) is 0 Å². The summed E-state index contributed by atoms with van der Waals surface area (Å²) in [6.07, 6.45) is 4.52. The summed E-state index contributed by atoms with van der Waals surface area (Å²) in [4.78, 5) is 12.0. The second kappa shape index (κ2) is 5.17. The molecule has 0 aromatic carbocycles. The van der Waals surface area contributed by atoms with E-state index >= 15 is 0 Å². The van der Waals surface area contributed by atoms with E-state index in [1.54, 1.807) is 6.92 Å². The first-order valence-electron chi connectivity index (χ1n) is 5.43. The van der Waals surface area contributed by atoms with Gasteiger partial charge in [0.15, 0.2) is 5.78 Å². The van der Waals surface area contributed by atoms with Gasteiger partial charge in [-0.3, -0.25) is 4.79 Å². The van der Waals surface area contributed by atoms with Crippen molar-refractivity contribution in [2.24, 2.45) is 0 Å². The fraction of sp³-hybridized carbons (Fsp3) is 0.750. The predicted molar refractivity (Wildman–Crippen MR) is 57.9 cm³/mol. The lowest BCUT2D eigenvalue weighted by molar-refractivity contribution is -0.124. The maximum absolute atomic E-state index is 12.0. The number of carbonyl (C=O) groups is 1. The molecule has 1 saturated heterocycles. The third kappa shape index (κ3) is 2.36. The Morgan fingerprint density at radius 2 is 2.36 bits per heavy atom. The van der Waals surface area contributed by atoms with Crippen molar-refractivity contribution in [1.82, 2.24) is 5.32 Å². The van der Waals surface area contributed by atoms with Gasteiger partial charge < -0.3 is 5.32 Å². The molecule has 2 nitrogen and oxygen atoms in total. The molecule has 1 unspecified atom stereocenters. The summed E-state index contributed by atoms with van der Waals surface area (Å²) < 4.78 is 0. The SMILES string of the molecule is CC#CCC(=O)C1(CCC)CCCN1. The Labute approximate surface area is 86.5 Å². The van der Waals surface area contributed by atoms with Crippen LogP contribution in [0.2, 0.25) is 0 Å². The molecule has 0 aromatic rings. The number of carbonyl (C=O) groups excluding carboxylic acids is 1. The summed E-state index contributed by atoms with van der Waals surface area (Å²) in [5.74, 6) is 5.93. The van der Waals surface area contributed by atoms with Crippen LogP contribution in [-0.4, -0.2) is 17.9 Å². The summed E-state index contributed by atoms with van der Waals surface area (Å²) >= 11 is 0. The summed E-state index contributed by atoms with van der Waals surface area (Å²) in [5.41, 5.74) is -0.237. The molecule has 0 amide bonds. The normalized spacial score (nSPS) is 25.6. The summed E-state index contributed by atoms with van der Waals surface area (Å²) in [7, 11) is 0. The molecule has 78 valence electrons. The molecule has 0 radical (unpaired) electrons. The third-order valence-electron chi connectivity index (χ3n) is 2.88. The molecule has 1 aliphatic rings. The van der Waals surface area contributed by atoms with Crippen molar-refractivity contribution < 1.29 is 4.79 Å². The minimum atomic E-state index is -0.237. The molecule has 1 aliphatic heterocycles. The minimum absolute atomic E-state index is 0.237. The molecule has 0 spiro atoms. The van der Waals surface area contributed by atoms with Crippen molar-refractivity contribution in [1.29, 1.82) is 0 Å². The predicted octanol–water partition coefficient (Wildman–Crippen LogP) is 1.89. The summed E-state index contributed by atoms with van der Waals surface area (Å²) in [6, 6.07) is 0. The van der Waals surface area contributed by atoms with E-state index in [1.807, 2.05) is 0 Å². The zero-order valence-corrected chi connectivity index (χ0v) is 9.15. The second-order valence-corrected chi connectivity index (χ2v) is 3.89. The van der Waals surface area contributed by atoms with Gasteiger partial charge >= 0.3 is 0 Å². The van der Waals surface area contributed by atoms with Crippen LogP contribution in [0.25, 0.3) is 0 Å². The van der Waals surface area contributed by atoms with Crippen LogP contribution in [0.4, 0.5) is 0 Å². The number of ketones is 1. The molecule has 1 atom stereocenters. The first kappa shape index (κ1) is 11.3. The topological polar surface area (TPSA) is 29.1 Å². The number of Topliss-reactive ketones (excluding diaryl/α,β-unsaturated/α-hetero) is 1. The first-order valence-corrected chi connectivity index (χ1v) is 5.43. The minimum Gasteiger partial charge on any atom is -0.305 e. The maximum Gasteiger partial charge on any atom is 0.164 e. The van der Waals surface area contributed by atoms with E-state index in [1.165, 1.54) is 0 Å². The Kier molecular flexibility index (Phi) is 4.16. The van der Waals surface area contributed by atoms with E-state index in [2.05, 4.69) is 24.1 Å². The van der Waals surface area contributed by atoms with Crippen molar-refractivity contribution in [3.8, 4) is 11.8 Å². The quantitative estimate of drug-likeness (QED) is 0.691. The van der Waals surface area contributed by atoms with E-state index in [-0.39, 0.29) is 11.3 Å². The van der Waals surface area contributed by atoms with E-state index in [4.69, 9.17) is 0 Å². The van der Waals surface area contributed by atoms with E-state index in [0.29, 0.717) is 6.42 Å². The summed E-state index contributed by atoms with van der Waals surface area (Å²) in [6.45, 7) is 4.88. The van der Waals surface area contributed by atoms with Crippen LogP contribution in [0.3, 0.4) is 0 Å². The van der Waals surface area contributed by atoms with Gasteiger partial charge in [-0.15, -0.1) is 5.92 Å². The molecule has 0 aliphatic carbocycles. The van der Waals surface area contributed by atoms with E-state index in [9.17, 15) is 4.79 Å². The first-order chi connectivity index (χ1) is 6.75. The van der Waals surface area contributed by atoms with Crippen LogP contribution in [-0.2, 0) is 4.79 Å². The zero-order valence-electron chi connectivity index (χ0n) is 9.15. The highest BCUT2D eigenvalue weighted by atomic mass is 16.1. The van der Waals surface area contributed by atoms with Crippen LogP contribution in [0, 0.1) is 11.8 Å². The molecule has 0 bridgehead atoms. The average molecular weight is 193 g/mol. The molecule has 1 N–H and O–H groups in total. The van der Waals surface area contributed by atoms with Crippen LogP contribution < -0.4 is 5.32 Å². The summed E-state index contributed by atoms with van der Waals surface area (Å²) in [5, 5.41) is 3.36. The molecule has 2 heteroatoms. The highest BCUT2D eigenvalue weighted by Gasteiger charge is 2.38. The Morgan fingerprint density at radius 1 is 1.57 bits per heavy atom. The second-order valence-electron chi connectivity index (χ2n) is 3.89. The van der Waals surface area contributed by atoms with Gasteiger partial charge in [-0.25, -0.2) is 0 Å². The number of hydrogen-bond donors (Lipinski definition) is 1. The Morgan fingerprint density at radius 3 is 2.86 bits per heavy atom. The number of nitrogens with one attached hydrogen (secondary N) is 1. The van der Waals surface area contributed by atoms with E-state index < -0.39 is 0 Å². The van der Waals surface area contributed by atoms with Gasteiger partial charge in [0.2, 0.25) is 0 Å². The largest absolute Gasteiger partial charge is 0.305 e. The van der Waals surface area contributed by atoms with Crippen molar-refractivity contribution >= 4 is 5.78 Å². The standard InChI is InChI=1S/C12H19NO/c1-3-5-7-11(14)12(8-4-2)9-6-10-13-12/h13H,4,6-10H2,1-2H3. The maximum atomic E-state index is 12.0. The Balaban J connectivity index is 2.64. The highest BCUT2D eigenvalue weighted by Crippen LogP contribution is 2.26. The van der Waals surface area contributed by atoms with Gasteiger partial charge in [-0.1, -0.05) is 19.3 Å². The van der Waals surface area contributed by atoms with Gasteiger partial charge in [0, 0.05) is 0 Å². The van der Waals surface area contributed by atoms with Crippen LogP contribution in [0.5, 0.6) is 0 Å². The molecule has 14 heavy (non-hydrogen) atoms. The lowest BCUT2D eigenvalue weighted by Crippen LogP contribution is -2.47. The van der Waals surface area contributed by atoms with Gasteiger partial charge in [0.05, 0.1) is 12.0 Å². The molecule has 1 heterocycles. The van der Waals surface area contributed by atoms with Crippen molar-refractivity contribution in [2.75, 3.05) is 6.54 Å². The fourth-order valence-corrected chi connectivity index (χ4v) is 2.16. The van der Waals surface area contributed by atoms with Crippen molar-refractivity contribution in [3.63, 3.8) is 0 Å². The van der Waals surface area contributed by atoms with Crippen LogP contribution >= 0.6 is 0 Å². The molecule has 1 rings (SSSR count). The third-order valence-corrected chi connectivity index (χ3v) is 2.88. The molecule has 0 saturated carbocycles. The monoisotopic (exact) mass is 193 g/mol. The average Bonchev–Trinajstić information content (AvgIpc) is 2.64. The Hall–Kier alpha value is -0.810. The van der Waals surface area contributed by atoms with Crippen molar-refractivity contribution in [2.45, 2.75) is 51.5 Å². The van der Waals surface area contributed by atoms with Gasteiger partial charge in [0.25, 0.3) is 0 Å².